The molecule has 1 heteroatoms. The van der Waals surface area contributed by atoms with Gasteiger partial charge in [-0.25, -0.2) is 0 Å². The first-order valence-corrected chi connectivity index (χ1v) is 15.2. The van der Waals surface area contributed by atoms with Crippen LogP contribution in [0, 0.1) is 0 Å². The molecule has 0 fully saturated rings. The van der Waals surface area contributed by atoms with Gasteiger partial charge in [0.1, 0.15) is 0 Å². The van der Waals surface area contributed by atoms with Crippen LogP contribution in [0.2, 0.25) is 12.1 Å². The van der Waals surface area contributed by atoms with Gasteiger partial charge in [0.05, 0.1) is 8.80 Å². The number of rotatable bonds is 21. The molecular formula is C26H54Si. The molecule has 0 aliphatic heterocycles. The molecule has 27 heavy (non-hydrogen) atoms. The van der Waals surface area contributed by atoms with Crippen LogP contribution in [0.25, 0.3) is 0 Å². The maximum Gasteiger partial charge on any atom is 0.0652 e. The van der Waals surface area contributed by atoms with Crippen molar-refractivity contribution < 1.29 is 0 Å². The summed E-state index contributed by atoms with van der Waals surface area (Å²) in [5, 5.41) is 1.94. The van der Waals surface area contributed by atoms with E-state index in [9.17, 15) is 0 Å². The van der Waals surface area contributed by atoms with Crippen molar-refractivity contribution in [1.29, 1.82) is 0 Å². The Morgan fingerprint density at radius 3 is 1.37 bits per heavy atom. The van der Waals surface area contributed by atoms with Crippen LogP contribution < -0.4 is 0 Å². The van der Waals surface area contributed by atoms with Gasteiger partial charge in [-0.1, -0.05) is 147 Å². The van der Waals surface area contributed by atoms with Crippen molar-refractivity contribution in [2.45, 2.75) is 155 Å². The van der Waals surface area contributed by atoms with Crippen LogP contribution in [-0.2, 0) is 0 Å². The first-order valence-electron chi connectivity index (χ1n) is 13.0. The van der Waals surface area contributed by atoms with Gasteiger partial charge in [-0.2, -0.15) is 0 Å². The van der Waals surface area contributed by atoms with Gasteiger partial charge >= 0.3 is 0 Å². The molecule has 0 unspecified atom stereocenters. The van der Waals surface area contributed by atoms with Crippen molar-refractivity contribution in [3.63, 3.8) is 0 Å². The Bertz CT molecular complexity index is 291. The molecule has 0 nitrogen and oxygen atoms in total. The largest absolute Gasteiger partial charge is 0.0895 e. The van der Waals surface area contributed by atoms with E-state index in [1.54, 1.807) is 12.1 Å². The SMILES string of the molecule is CCCCCCC=C(CC)[SiH](CCCCCCCC)CCCCCCCC. The topological polar surface area (TPSA) is 0 Å². The van der Waals surface area contributed by atoms with Crippen molar-refractivity contribution >= 4 is 8.80 Å². The molecule has 0 aromatic heterocycles. The van der Waals surface area contributed by atoms with Crippen molar-refractivity contribution in [2.24, 2.45) is 0 Å². The third-order valence-electron chi connectivity index (χ3n) is 6.21. The lowest BCUT2D eigenvalue weighted by atomic mass is 10.1. The summed E-state index contributed by atoms with van der Waals surface area (Å²) in [5.41, 5.74) is 0. The quantitative estimate of drug-likeness (QED) is 0.134. The molecule has 0 aliphatic carbocycles. The van der Waals surface area contributed by atoms with Gasteiger partial charge in [-0.15, -0.1) is 0 Å². The van der Waals surface area contributed by atoms with Gasteiger partial charge in [0.15, 0.2) is 0 Å². The summed E-state index contributed by atoms with van der Waals surface area (Å²) in [6.07, 6.45) is 28.6. The molecule has 0 saturated carbocycles. The summed E-state index contributed by atoms with van der Waals surface area (Å²) in [6.45, 7) is 9.39. The first kappa shape index (κ1) is 27.0. The van der Waals surface area contributed by atoms with Crippen LogP contribution in [-0.4, -0.2) is 8.80 Å². The monoisotopic (exact) mass is 394 g/mol. The Balaban J connectivity index is 4.32. The summed E-state index contributed by atoms with van der Waals surface area (Å²) < 4.78 is 0. The van der Waals surface area contributed by atoms with E-state index < -0.39 is 8.80 Å². The Hall–Kier alpha value is -0.0431. The standard InChI is InChI=1S/C26H54Si/c1-5-9-12-15-18-21-24-27(25-22-19-16-13-10-6-2)26(8-4)23-20-17-14-11-7-3/h23,27H,5-22,24-25H2,1-4H3. The molecule has 0 spiro atoms. The van der Waals surface area contributed by atoms with Gasteiger partial charge in [-0.05, 0) is 19.3 Å². The highest BCUT2D eigenvalue weighted by Crippen LogP contribution is 2.23. The van der Waals surface area contributed by atoms with Crippen LogP contribution in [0.5, 0.6) is 0 Å². The minimum absolute atomic E-state index is 0.664. The highest BCUT2D eigenvalue weighted by molar-refractivity contribution is 6.66. The molecule has 0 rings (SSSR count). The summed E-state index contributed by atoms with van der Waals surface area (Å²) in [7, 11) is -0.664. The van der Waals surface area contributed by atoms with Crippen LogP contribution in [0.3, 0.4) is 0 Å². The second-order valence-corrected chi connectivity index (χ2v) is 12.1. The Morgan fingerprint density at radius 2 is 0.926 bits per heavy atom. The van der Waals surface area contributed by atoms with Crippen LogP contribution in [0.1, 0.15) is 143 Å². The minimum Gasteiger partial charge on any atom is -0.0895 e. The van der Waals surface area contributed by atoms with E-state index in [-0.39, 0.29) is 0 Å². The fourth-order valence-electron chi connectivity index (χ4n) is 4.32. The number of unbranched alkanes of at least 4 members (excludes halogenated alkanes) is 14. The molecule has 0 atom stereocenters. The van der Waals surface area contributed by atoms with Crippen LogP contribution in [0.4, 0.5) is 0 Å². The van der Waals surface area contributed by atoms with Gasteiger partial charge < -0.3 is 0 Å². The molecule has 0 amide bonds. The fraction of sp³-hybridized carbons (Fsp3) is 0.923. The predicted molar refractivity (Wildman–Crippen MR) is 131 cm³/mol. The zero-order valence-electron chi connectivity index (χ0n) is 19.8. The third kappa shape index (κ3) is 17.8. The van der Waals surface area contributed by atoms with Crippen molar-refractivity contribution in [3.05, 3.63) is 11.3 Å². The van der Waals surface area contributed by atoms with Gasteiger partial charge in [-0.3, -0.25) is 0 Å². The normalized spacial score (nSPS) is 12.3. The predicted octanol–water partition coefficient (Wildman–Crippen LogP) is 9.78. The Labute approximate surface area is 175 Å². The lowest BCUT2D eigenvalue weighted by molar-refractivity contribution is 0.617. The second kappa shape index (κ2) is 22.2. The molecule has 0 aliphatic rings. The smallest absolute Gasteiger partial charge is 0.0652 e. The van der Waals surface area contributed by atoms with E-state index in [0.717, 1.165) is 0 Å². The number of allylic oxidation sites excluding steroid dienone is 2. The minimum atomic E-state index is -0.664. The Kier molecular flexibility index (Phi) is 22.2. The molecule has 0 heterocycles. The lowest BCUT2D eigenvalue weighted by Gasteiger charge is -2.19. The van der Waals surface area contributed by atoms with Crippen molar-refractivity contribution in [2.75, 3.05) is 0 Å². The maximum atomic E-state index is 2.71. The van der Waals surface area contributed by atoms with Crippen molar-refractivity contribution in [3.8, 4) is 0 Å². The zero-order valence-corrected chi connectivity index (χ0v) is 21.0. The summed E-state index contributed by atoms with van der Waals surface area (Å²) in [6, 6.07) is 3.19. The summed E-state index contributed by atoms with van der Waals surface area (Å²) in [5.74, 6) is 0. The second-order valence-electron chi connectivity index (χ2n) is 8.79. The van der Waals surface area contributed by atoms with E-state index in [2.05, 4.69) is 33.8 Å². The molecule has 0 saturated heterocycles. The first-order chi connectivity index (χ1) is 13.3. The third-order valence-corrected chi connectivity index (χ3v) is 10.1. The van der Waals surface area contributed by atoms with Crippen LogP contribution in [0.15, 0.2) is 11.3 Å². The lowest BCUT2D eigenvalue weighted by Crippen LogP contribution is -2.16. The molecular weight excluding hydrogens is 340 g/mol. The van der Waals surface area contributed by atoms with E-state index >= 15 is 0 Å². The molecule has 0 aromatic rings. The van der Waals surface area contributed by atoms with E-state index in [1.165, 1.54) is 116 Å². The average Bonchev–Trinajstić information content (AvgIpc) is 2.68. The zero-order chi connectivity index (χ0) is 20.0. The molecule has 0 N–H and O–H groups in total. The molecule has 0 bridgehead atoms. The van der Waals surface area contributed by atoms with Gasteiger partial charge in [0, 0.05) is 0 Å². The number of hydrogen-bond donors (Lipinski definition) is 0. The van der Waals surface area contributed by atoms with E-state index in [4.69, 9.17) is 0 Å². The highest BCUT2D eigenvalue weighted by Gasteiger charge is 2.14. The van der Waals surface area contributed by atoms with Gasteiger partial charge in [0.25, 0.3) is 0 Å². The molecule has 0 aromatic carbocycles. The van der Waals surface area contributed by atoms with Gasteiger partial charge in [0.2, 0.25) is 0 Å². The number of hydrogen-bond acceptors (Lipinski definition) is 0. The van der Waals surface area contributed by atoms with Crippen LogP contribution >= 0.6 is 0 Å². The maximum absolute atomic E-state index is 2.71. The summed E-state index contributed by atoms with van der Waals surface area (Å²) in [4.78, 5) is 0. The Morgan fingerprint density at radius 1 is 0.519 bits per heavy atom. The van der Waals surface area contributed by atoms with E-state index in [0.29, 0.717) is 0 Å². The molecule has 0 radical (unpaired) electrons. The fourth-order valence-corrected chi connectivity index (χ4v) is 7.99. The summed E-state index contributed by atoms with van der Waals surface area (Å²) >= 11 is 0. The average molecular weight is 395 g/mol. The van der Waals surface area contributed by atoms with Crippen molar-refractivity contribution in [1.82, 2.24) is 0 Å². The highest BCUT2D eigenvalue weighted by atomic mass is 28.3. The molecule has 162 valence electrons. The van der Waals surface area contributed by atoms with E-state index in [1.807, 2.05) is 5.20 Å².